The van der Waals surface area contributed by atoms with Gasteiger partial charge in [0.15, 0.2) is 0 Å². The van der Waals surface area contributed by atoms with Crippen LogP contribution in [0.2, 0.25) is 0 Å². The van der Waals surface area contributed by atoms with Gasteiger partial charge in [-0.15, -0.1) is 13.2 Å². The molecule has 0 spiro atoms. The summed E-state index contributed by atoms with van der Waals surface area (Å²) in [6.07, 6.45) is -6.55. The highest BCUT2D eigenvalue weighted by Gasteiger charge is 2.31. The molecule has 0 bridgehead atoms. The number of hydrogen-bond acceptors (Lipinski definition) is 3. The van der Waals surface area contributed by atoms with Crippen LogP contribution in [-0.2, 0) is 0 Å². The normalized spacial score (nSPS) is 17.7. The molecule has 0 aromatic heterocycles. The van der Waals surface area contributed by atoms with Crippen molar-refractivity contribution in [1.82, 2.24) is 10.6 Å². The number of ether oxygens (including phenoxy) is 1. The maximum atomic E-state index is 12.1. The number of nitrogens with zero attached hydrogens (tertiary/aromatic N) is 1. The Hall–Kier alpha value is -2.26. The van der Waals surface area contributed by atoms with Crippen LogP contribution < -0.4 is 20.3 Å². The molecular weight excluding hydrogens is 349 g/mol. The number of rotatable bonds is 6. The van der Waals surface area contributed by atoms with E-state index in [0.717, 1.165) is 12.1 Å². The fourth-order valence-electron chi connectivity index (χ4n) is 2.56. The molecule has 1 aliphatic heterocycles. The number of alkyl halides is 5. The highest BCUT2D eigenvalue weighted by atomic mass is 19.4. The molecule has 10 heteroatoms. The number of anilines is 1. The van der Waals surface area contributed by atoms with E-state index in [1.54, 1.807) is 0 Å². The molecule has 1 fully saturated rings. The molecule has 140 valence electrons. The Balaban J connectivity index is 1.77. The van der Waals surface area contributed by atoms with E-state index in [2.05, 4.69) is 15.4 Å². The lowest BCUT2D eigenvalue weighted by molar-refractivity contribution is -0.274. The van der Waals surface area contributed by atoms with Crippen molar-refractivity contribution in [2.45, 2.75) is 19.2 Å². The van der Waals surface area contributed by atoms with Crippen molar-refractivity contribution >= 4 is 11.7 Å². The van der Waals surface area contributed by atoms with Gasteiger partial charge in [0.05, 0.1) is 6.54 Å². The van der Waals surface area contributed by atoms with Crippen molar-refractivity contribution in [1.29, 1.82) is 0 Å². The van der Waals surface area contributed by atoms with Gasteiger partial charge in [-0.05, 0) is 36.6 Å². The van der Waals surface area contributed by atoms with E-state index in [0.29, 0.717) is 19.6 Å². The molecule has 1 aliphatic rings. The SMILES string of the molecule is O=C(NCC(F)F)NC[C@H]1CCN(c2ccc(OC(F)(F)F)cc2)C1. The number of carbonyl (C=O) groups is 1. The third-order valence-electron chi connectivity index (χ3n) is 3.69. The number of halogens is 5. The highest BCUT2D eigenvalue weighted by Crippen LogP contribution is 2.28. The van der Waals surface area contributed by atoms with Crippen LogP contribution in [0.1, 0.15) is 6.42 Å². The van der Waals surface area contributed by atoms with Crippen molar-refractivity contribution < 1.29 is 31.5 Å². The minimum atomic E-state index is -4.73. The number of amides is 2. The second kappa shape index (κ2) is 8.21. The topological polar surface area (TPSA) is 53.6 Å². The number of urea groups is 1. The van der Waals surface area contributed by atoms with Crippen molar-refractivity contribution in [2.75, 3.05) is 31.1 Å². The summed E-state index contributed by atoms with van der Waals surface area (Å²) in [5, 5.41) is 4.59. The Morgan fingerprint density at radius 2 is 1.92 bits per heavy atom. The molecule has 2 amide bonds. The smallest absolute Gasteiger partial charge is 0.406 e. The first-order valence-corrected chi connectivity index (χ1v) is 7.63. The first-order chi connectivity index (χ1) is 11.7. The zero-order chi connectivity index (χ0) is 18.4. The lowest BCUT2D eigenvalue weighted by Crippen LogP contribution is -2.40. The van der Waals surface area contributed by atoms with Gasteiger partial charge >= 0.3 is 12.4 Å². The first kappa shape index (κ1) is 19.1. The van der Waals surface area contributed by atoms with E-state index >= 15 is 0 Å². The van der Waals surface area contributed by atoms with Gasteiger partial charge in [0, 0.05) is 25.3 Å². The third kappa shape index (κ3) is 6.63. The number of benzene rings is 1. The summed E-state index contributed by atoms with van der Waals surface area (Å²) in [5.41, 5.74) is 0.749. The Labute approximate surface area is 141 Å². The lowest BCUT2D eigenvalue weighted by Gasteiger charge is -2.19. The number of hydrogen-bond donors (Lipinski definition) is 2. The monoisotopic (exact) mass is 367 g/mol. The standard InChI is InChI=1S/C15H18F5N3O2/c16-13(17)8-22-14(24)21-7-10-5-6-23(9-10)11-1-3-12(4-2-11)25-15(18,19)20/h1-4,10,13H,5-9H2,(H2,21,22,24)/t10-/m1/s1. The molecule has 1 saturated heterocycles. The van der Waals surface area contributed by atoms with Gasteiger partial charge in [0.2, 0.25) is 0 Å². The third-order valence-corrected chi connectivity index (χ3v) is 3.69. The summed E-state index contributed by atoms with van der Waals surface area (Å²) < 4.78 is 64.2. The van der Waals surface area contributed by atoms with Crippen molar-refractivity contribution in [3.8, 4) is 5.75 Å². The van der Waals surface area contributed by atoms with Crippen molar-refractivity contribution in [3.05, 3.63) is 24.3 Å². The van der Waals surface area contributed by atoms with Crippen LogP contribution in [-0.4, -0.2) is 45.0 Å². The zero-order valence-corrected chi connectivity index (χ0v) is 13.2. The van der Waals surface area contributed by atoms with Gasteiger partial charge in [-0.1, -0.05) is 0 Å². The minimum Gasteiger partial charge on any atom is -0.406 e. The average molecular weight is 367 g/mol. The summed E-state index contributed by atoms with van der Waals surface area (Å²) in [5.74, 6) is -0.159. The molecule has 1 aromatic carbocycles. The Morgan fingerprint density at radius 3 is 2.52 bits per heavy atom. The highest BCUT2D eigenvalue weighted by molar-refractivity contribution is 5.73. The lowest BCUT2D eigenvalue weighted by atomic mass is 10.1. The summed E-state index contributed by atoms with van der Waals surface area (Å²) in [7, 11) is 0. The van der Waals surface area contributed by atoms with Crippen molar-refractivity contribution in [2.24, 2.45) is 5.92 Å². The molecule has 1 heterocycles. The van der Waals surface area contributed by atoms with Crippen LogP contribution in [0.15, 0.2) is 24.3 Å². The largest absolute Gasteiger partial charge is 0.573 e. The molecule has 1 atom stereocenters. The molecule has 0 saturated carbocycles. The van der Waals surface area contributed by atoms with Crippen LogP contribution in [0.5, 0.6) is 5.75 Å². The predicted octanol–water partition coefficient (Wildman–Crippen LogP) is 2.98. The Kier molecular flexibility index (Phi) is 6.27. The second-order valence-electron chi connectivity index (χ2n) is 5.62. The molecule has 25 heavy (non-hydrogen) atoms. The van der Waals surface area contributed by atoms with Crippen LogP contribution in [0.25, 0.3) is 0 Å². The minimum absolute atomic E-state index is 0.128. The maximum absolute atomic E-state index is 12.1. The van der Waals surface area contributed by atoms with E-state index in [4.69, 9.17) is 0 Å². The fraction of sp³-hybridized carbons (Fsp3) is 0.533. The molecule has 0 radical (unpaired) electrons. The molecule has 2 rings (SSSR count). The maximum Gasteiger partial charge on any atom is 0.573 e. The van der Waals surface area contributed by atoms with Gasteiger partial charge in [-0.25, -0.2) is 13.6 Å². The predicted molar refractivity (Wildman–Crippen MR) is 80.9 cm³/mol. The number of carbonyl (C=O) groups excluding carboxylic acids is 1. The molecule has 0 aliphatic carbocycles. The van der Waals surface area contributed by atoms with Gasteiger partial charge in [-0.2, -0.15) is 0 Å². The summed E-state index contributed by atoms with van der Waals surface area (Å²) >= 11 is 0. The van der Waals surface area contributed by atoms with Gasteiger partial charge in [0.25, 0.3) is 6.43 Å². The van der Waals surface area contributed by atoms with Gasteiger partial charge in [-0.3, -0.25) is 0 Å². The van der Waals surface area contributed by atoms with Crippen LogP contribution in [0.4, 0.5) is 32.4 Å². The second-order valence-corrected chi connectivity index (χ2v) is 5.62. The summed E-state index contributed by atoms with van der Waals surface area (Å²) in [6, 6.07) is 4.91. The number of nitrogens with one attached hydrogen (secondary N) is 2. The molecular formula is C15H18F5N3O2. The summed E-state index contributed by atoms with van der Waals surface area (Å²) in [4.78, 5) is 13.3. The van der Waals surface area contributed by atoms with Crippen molar-refractivity contribution in [3.63, 3.8) is 0 Å². The molecule has 0 unspecified atom stereocenters. The van der Waals surface area contributed by atoms with E-state index < -0.39 is 25.4 Å². The van der Waals surface area contributed by atoms with Crippen LogP contribution in [0.3, 0.4) is 0 Å². The fourth-order valence-corrected chi connectivity index (χ4v) is 2.56. The summed E-state index contributed by atoms with van der Waals surface area (Å²) in [6.45, 7) is 0.925. The van der Waals surface area contributed by atoms with E-state index in [9.17, 15) is 26.7 Å². The van der Waals surface area contributed by atoms with Crippen LogP contribution in [0, 0.1) is 5.92 Å². The average Bonchev–Trinajstić information content (AvgIpc) is 2.99. The molecule has 2 N–H and O–H groups in total. The van der Waals surface area contributed by atoms with Crippen LogP contribution >= 0.6 is 0 Å². The quantitative estimate of drug-likeness (QED) is 0.760. The molecule has 1 aromatic rings. The zero-order valence-electron chi connectivity index (χ0n) is 13.2. The van der Waals surface area contributed by atoms with E-state index in [-0.39, 0.29) is 11.7 Å². The van der Waals surface area contributed by atoms with E-state index in [1.807, 2.05) is 4.90 Å². The Morgan fingerprint density at radius 1 is 1.24 bits per heavy atom. The first-order valence-electron chi connectivity index (χ1n) is 7.63. The van der Waals surface area contributed by atoms with Gasteiger partial charge < -0.3 is 20.3 Å². The van der Waals surface area contributed by atoms with E-state index in [1.165, 1.54) is 24.3 Å². The Bertz CT molecular complexity index is 565. The van der Waals surface area contributed by atoms with Gasteiger partial charge in [0.1, 0.15) is 5.75 Å². The molecule has 5 nitrogen and oxygen atoms in total.